The fourth-order valence-corrected chi connectivity index (χ4v) is 3.00. The summed E-state index contributed by atoms with van der Waals surface area (Å²) in [5, 5.41) is 0. The van der Waals surface area contributed by atoms with Crippen LogP contribution < -0.4 is 0 Å². The van der Waals surface area contributed by atoms with Crippen LogP contribution in [-0.2, 0) is 19.1 Å². The molecular weight excluding hydrogens is 256 g/mol. The van der Waals surface area contributed by atoms with Gasteiger partial charge in [0.25, 0.3) is 0 Å². The highest BCUT2D eigenvalue weighted by Gasteiger charge is 2.54. The smallest absolute Gasteiger partial charge is 0.323 e. The predicted molar refractivity (Wildman–Crippen MR) is 72.9 cm³/mol. The Bertz CT molecular complexity index is 346. The molecule has 0 aromatic heterocycles. The van der Waals surface area contributed by atoms with Crippen molar-refractivity contribution >= 4 is 11.9 Å². The van der Waals surface area contributed by atoms with Crippen LogP contribution in [0.3, 0.4) is 0 Å². The van der Waals surface area contributed by atoms with Gasteiger partial charge in [-0.1, -0.05) is 12.8 Å². The molecule has 0 N–H and O–H groups in total. The van der Waals surface area contributed by atoms with Gasteiger partial charge in [-0.25, -0.2) is 0 Å². The van der Waals surface area contributed by atoms with Crippen LogP contribution in [0.4, 0.5) is 0 Å². The summed E-state index contributed by atoms with van der Waals surface area (Å²) in [7, 11) is 0. The first-order chi connectivity index (χ1) is 9.71. The Labute approximate surface area is 120 Å². The van der Waals surface area contributed by atoms with E-state index in [2.05, 4.69) is 0 Å². The van der Waals surface area contributed by atoms with Crippen molar-refractivity contribution in [2.75, 3.05) is 13.2 Å². The maximum Gasteiger partial charge on any atom is 0.323 e. The third-order valence-electron chi connectivity index (χ3n) is 5.34. The molecular formula is C16H24O4. The normalized spacial score (nSPS) is 25.0. The van der Waals surface area contributed by atoms with E-state index in [0.717, 1.165) is 32.1 Å². The Morgan fingerprint density at radius 3 is 1.50 bits per heavy atom. The second-order valence-electron chi connectivity index (χ2n) is 6.73. The van der Waals surface area contributed by atoms with Crippen molar-refractivity contribution in [3.63, 3.8) is 0 Å². The van der Waals surface area contributed by atoms with E-state index in [1.165, 1.54) is 12.8 Å². The molecule has 0 aromatic rings. The van der Waals surface area contributed by atoms with Crippen LogP contribution in [0.25, 0.3) is 0 Å². The maximum atomic E-state index is 12.2. The molecule has 0 amide bonds. The van der Waals surface area contributed by atoms with E-state index in [-0.39, 0.29) is 11.9 Å². The minimum Gasteiger partial charge on any atom is -0.465 e. The molecule has 3 aliphatic carbocycles. The molecule has 3 fully saturated rings. The van der Waals surface area contributed by atoms with Crippen LogP contribution >= 0.6 is 0 Å². The second kappa shape index (κ2) is 5.74. The fourth-order valence-electron chi connectivity index (χ4n) is 3.00. The van der Waals surface area contributed by atoms with Crippen molar-refractivity contribution in [1.82, 2.24) is 0 Å². The van der Waals surface area contributed by atoms with Gasteiger partial charge in [-0.05, 0) is 56.8 Å². The van der Waals surface area contributed by atoms with Crippen molar-refractivity contribution in [2.24, 2.45) is 17.3 Å². The van der Waals surface area contributed by atoms with Gasteiger partial charge in [0.15, 0.2) is 5.41 Å². The lowest BCUT2D eigenvalue weighted by Crippen LogP contribution is -2.48. The molecule has 0 heterocycles. The molecule has 3 rings (SSSR count). The lowest BCUT2D eigenvalue weighted by atomic mass is 9.68. The Morgan fingerprint density at radius 1 is 0.800 bits per heavy atom. The number of carbonyl (C=O) groups excluding carboxylic acids is 2. The van der Waals surface area contributed by atoms with Crippen LogP contribution in [0, 0.1) is 17.3 Å². The van der Waals surface area contributed by atoms with Gasteiger partial charge in [0.2, 0.25) is 0 Å². The Balaban J connectivity index is 1.49. The summed E-state index contributed by atoms with van der Waals surface area (Å²) < 4.78 is 10.8. The Morgan fingerprint density at radius 2 is 1.25 bits per heavy atom. The zero-order valence-electron chi connectivity index (χ0n) is 12.1. The third kappa shape index (κ3) is 2.57. The largest absolute Gasteiger partial charge is 0.465 e. The monoisotopic (exact) mass is 280 g/mol. The molecule has 0 aliphatic heterocycles. The first-order valence-corrected chi connectivity index (χ1v) is 8.05. The summed E-state index contributed by atoms with van der Waals surface area (Å²) in [5.41, 5.74) is -0.965. The minimum absolute atomic E-state index is 0.339. The molecule has 3 aliphatic rings. The fraction of sp³-hybridized carbons (Fsp3) is 0.875. The summed E-state index contributed by atoms with van der Waals surface area (Å²) in [6.45, 7) is 0.965. The van der Waals surface area contributed by atoms with E-state index in [9.17, 15) is 9.59 Å². The Kier molecular flexibility index (Phi) is 3.99. The van der Waals surface area contributed by atoms with Gasteiger partial charge in [0.05, 0.1) is 13.2 Å². The molecule has 0 saturated heterocycles. The molecule has 0 unspecified atom stereocenters. The molecule has 0 radical (unpaired) electrons. The summed E-state index contributed by atoms with van der Waals surface area (Å²) in [5.74, 6) is 0.354. The average Bonchev–Trinajstić information content (AvgIpc) is 2.23. The van der Waals surface area contributed by atoms with Gasteiger partial charge in [-0.3, -0.25) is 9.59 Å². The van der Waals surface area contributed by atoms with Crippen LogP contribution in [0.2, 0.25) is 0 Å². The zero-order valence-corrected chi connectivity index (χ0v) is 12.1. The van der Waals surface area contributed by atoms with Crippen molar-refractivity contribution in [2.45, 2.75) is 57.8 Å². The van der Waals surface area contributed by atoms with Crippen LogP contribution in [-0.4, -0.2) is 25.2 Å². The lowest BCUT2D eigenvalue weighted by molar-refractivity contribution is -0.182. The second-order valence-corrected chi connectivity index (χ2v) is 6.73. The van der Waals surface area contributed by atoms with Crippen molar-refractivity contribution in [1.29, 1.82) is 0 Å². The van der Waals surface area contributed by atoms with E-state index in [1.807, 2.05) is 0 Å². The highest BCUT2D eigenvalue weighted by molar-refractivity contribution is 6.01. The van der Waals surface area contributed by atoms with Gasteiger partial charge >= 0.3 is 11.9 Å². The zero-order chi connectivity index (χ0) is 14.0. The van der Waals surface area contributed by atoms with Crippen molar-refractivity contribution in [3.8, 4) is 0 Å². The predicted octanol–water partition coefficient (Wildman–Crippen LogP) is 2.84. The van der Waals surface area contributed by atoms with E-state index in [1.54, 1.807) is 0 Å². The number of rotatable bonds is 6. The molecule has 0 bridgehead atoms. The molecule has 0 aromatic carbocycles. The molecule has 4 nitrogen and oxygen atoms in total. The molecule has 20 heavy (non-hydrogen) atoms. The van der Waals surface area contributed by atoms with Crippen LogP contribution in [0.15, 0.2) is 0 Å². The van der Waals surface area contributed by atoms with E-state index < -0.39 is 5.41 Å². The Hall–Kier alpha value is -1.06. The number of hydrogen-bond acceptors (Lipinski definition) is 4. The van der Waals surface area contributed by atoms with Crippen molar-refractivity contribution < 1.29 is 19.1 Å². The quantitative estimate of drug-likeness (QED) is 0.554. The minimum atomic E-state index is -0.965. The average molecular weight is 280 g/mol. The molecule has 112 valence electrons. The molecule has 0 spiro atoms. The standard InChI is InChI=1S/C16H24O4/c17-14(19-10-12-4-1-5-12)16(8-3-9-16)15(18)20-11-13-6-2-7-13/h12-13H,1-11H2. The highest BCUT2D eigenvalue weighted by Crippen LogP contribution is 2.44. The maximum absolute atomic E-state index is 12.2. The summed E-state index contributed by atoms with van der Waals surface area (Å²) in [4.78, 5) is 24.5. The van der Waals surface area contributed by atoms with E-state index in [4.69, 9.17) is 9.47 Å². The van der Waals surface area contributed by atoms with E-state index in [0.29, 0.717) is 37.9 Å². The number of carbonyl (C=O) groups is 2. The third-order valence-corrected chi connectivity index (χ3v) is 5.34. The first-order valence-electron chi connectivity index (χ1n) is 8.05. The van der Waals surface area contributed by atoms with Crippen LogP contribution in [0.5, 0.6) is 0 Å². The molecule has 4 heteroatoms. The van der Waals surface area contributed by atoms with Gasteiger partial charge in [0, 0.05) is 0 Å². The number of ether oxygens (including phenoxy) is 2. The van der Waals surface area contributed by atoms with Crippen LogP contribution in [0.1, 0.15) is 57.8 Å². The van der Waals surface area contributed by atoms with Gasteiger partial charge in [-0.15, -0.1) is 0 Å². The van der Waals surface area contributed by atoms with E-state index >= 15 is 0 Å². The number of esters is 2. The SMILES string of the molecule is O=C(OCC1CCC1)C1(C(=O)OCC2CCC2)CCC1. The first kappa shape index (κ1) is 13.9. The highest BCUT2D eigenvalue weighted by atomic mass is 16.6. The number of hydrogen-bond donors (Lipinski definition) is 0. The lowest BCUT2D eigenvalue weighted by Gasteiger charge is -2.38. The summed E-state index contributed by atoms with van der Waals surface area (Å²) in [6.07, 6.45) is 9.16. The van der Waals surface area contributed by atoms with Gasteiger partial charge in [0.1, 0.15) is 0 Å². The summed E-state index contributed by atoms with van der Waals surface area (Å²) >= 11 is 0. The van der Waals surface area contributed by atoms with Gasteiger partial charge in [-0.2, -0.15) is 0 Å². The summed E-state index contributed by atoms with van der Waals surface area (Å²) in [6, 6.07) is 0. The molecule has 0 atom stereocenters. The van der Waals surface area contributed by atoms with Gasteiger partial charge < -0.3 is 9.47 Å². The topological polar surface area (TPSA) is 52.6 Å². The van der Waals surface area contributed by atoms with Crippen molar-refractivity contribution in [3.05, 3.63) is 0 Å². The molecule has 3 saturated carbocycles.